The monoisotopic (exact) mass is 543 g/mol. The van der Waals surface area contributed by atoms with Crippen molar-refractivity contribution in [3.63, 3.8) is 0 Å². The minimum absolute atomic E-state index is 0.0413. The first-order chi connectivity index (χ1) is 17.9. The summed E-state index contributed by atoms with van der Waals surface area (Å²) in [6, 6.07) is 0.374. The topological polar surface area (TPSA) is 94.5 Å². The minimum atomic E-state index is -1.21. The summed E-state index contributed by atoms with van der Waals surface area (Å²) < 4.78 is 23.4. The molecule has 0 saturated carbocycles. The fourth-order valence-corrected chi connectivity index (χ4v) is 5.27. The molecule has 8 nitrogen and oxygen atoms in total. The van der Waals surface area contributed by atoms with E-state index in [4.69, 9.17) is 18.9 Å². The van der Waals surface area contributed by atoms with Gasteiger partial charge in [0.25, 0.3) is 0 Å². The molecule has 8 heteroatoms. The predicted molar refractivity (Wildman–Crippen MR) is 150 cm³/mol. The minimum Gasteiger partial charge on any atom is -0.385 e. The van der Waals surface area contributed by atoms with Crippen LogP contribution < -0.4 is 0 Å². The highest BCUT2D eigenvalue weighted by Gasteiger charge is 2.36. The van der Waals surface area contributed by atoms with Gasteiger partial charge in [-0.2, -0.15) is 0 Å². The van der Waals surface area contributed by atoms with Crippen molar-refractivity contribution in [3.8, 4) is 0 Å². The van der Waals surface area contributed by atoms with Crippen molar-refractivity contribution >= 4 is 11.6 Å². The zero-order chi connectivity index (χ0) is 29.0. The summed E-state index contributed by atoms with van der Waals surface area (Å²) >= 11 is 0. The molecule has 0 aliphatic carbocycles. The molecule has 1 aliphatic heterocycles. The van der Waals surface area contributed by atoms with Crippen LogP contribution in [0.2, 0.25) is 0 Å². The van der Waals surface area contributed by atoms with E-state index in [2.05, 4.69) is 25.9 Å². The Kier molecular flexibility index (Phi) is 16.4. The van der Waals surface area contributed by atoms with Crippen molar-refractivity contribution in [3.05, 3.63) is 0 Å². The Morgan fingerprint density at radius 1 is 0.947 bits per heavy atom. The smallest absolute Gasteiger partial charge is 0.164 e. The maximum Gasteiger partial charge on any atom is 0.164 e. The number of hydrogen-bond acceptors (Lipinski definition) is 8. The molecule has 0 aromatic heterocycles. The van der Waals surface area contributed by atoms with E-state index in [1.54, 1.807) is 14.0 Å². The lowest BCUT2D eigenvalue weighted by atomic mass is 9.88. The summed E-state index contributed by atoms with van der Waals surface area (Å²) in [4.78, 5) is 28.2. The van der Waals surface area contributed by atoms with E-state index in [0.29, 0.717) is 44.8 Å². The lowest BCUT2D eigenvalue weighted by Gasteiger charge is -2.39. The summed E-state index contributed by atoms with van der Waals surface area (Å²) in [7, 11) is 5.78. The van der Waals surface area contributed by atoms with Gasteiger partial charge in [-0.3, -0.25) is 9.59 Å². The van der Waals surface area contributed by atoms with Gasteiger partial charge in [0.05, 0.1) is 24.2 Å². The van der Waals surface area contributed by atoms with Crippen molar-refractivity contribution in [1.29, 1.82) is 0 Å². The predicted octanol–water partition coefficient (Wildman–Crippen LogP) is 4.85. The molecule has 0 bridgehead atoms. The first-order valence-electron chi connectivity index (χ1n) is 14.7. The summed E-state index contributed by atoms with van der Waals surface area (Å²) in [5.74, 6) is -1.07. The Labute approximate surface area is 232 Å². The second kappa shape index (κ2) is 17.7. The molecule has 0 radical (unpaired) electrons. The fraction of sp³-hybridized carbons (Fsp3) is 0.933. The Balaban J connectivity index is 2.65. The number of methoxy groups -OCH3 is 1. The van der Waals surface area contributed by atoms with Crippen LogP contribution in [0.3, 0.4) is 0 Å². The average Bonchev–Trinajstić information content (AvgIpc) is 2.89. The van der Waals surface area contributed by atoms with Crippen molar-refractivity contribution in [2.75, 3.05) is 27.8 Å². The molecule has 1 rings (SSSR count). The number of rotatable bonds is 19. The molecule has 0 aromatic carbocycles. The van der Waals surface area contributed by atoms with Gasteiger partial charge in [0, 0.05) is 43.9 Å². The fourth-order valence-electron chi connectivity index (χ4n) is 5.27. The Hall–Kier alpha value is -0.900. The molecule has 1 saturated heterocycles. The van der Waals surface area contributed by atoms with Crippen LogP contribution in [0.5, 0.6) is 0 Å². The summed E-state index contributed by atoms with van der Waals surface area (Å²) in [5.41, 5.74) is 0. The third-order valence-electron chi connectivity index (χ3n) is 8.23. The lowest BCUT2D eigenvalue weighted by molar-refractivity contribution is -0.229. The third-order valence-corrected chi connectivity index (χ3v) is 8.23. The van der Waals surface area contributed by atoms with Crippen molar-refractivity contribution in [2.45, 2.75) is 130 Å². The quantitative estimate of drug-likeness (QED) is 0.231. The number of aliphatic hydroxyl groups is 1. The van der Waals surface area contributed by atoms with E-state index in [1.807, 2.05) is 34.6 Å². The highest BCUT2D eigenvalue weighted by atomic mass is 16.7. The van der Waals surface area contributed by atoms with Gasteiger partial charge in [-0.1, -0.05) is 41.5 Å². The Morgan fingerprint density at radius 3 is 2.13 bits per heavy atom. The summed E-state index contributed by atoms with van der Waals surface area (Å²) in [6.07, 6.45) is 3.14. The molecule has 0 spiro atoms. The van der Waals surface area contributed by atoms with Crippen molar-refractivity contribution in [2.24, 2.45) is 23.7 Å². The van der Waals surface area contributed by atoms with Gasteiger partial charge in [-0.25, -0.2) is 0 Å². The zero-order valence-electron chi connectivity index (χ0n) is 25.8. The SMILES string of the molecule is CC[C@H](CC[C@@H](C)C(=O)[C@H](C)CCOC)OC(O)[C@H](C)C(=O)[C@H](C)[C@H](CC)O[C@H]1C[C@@H](N(C)C)C[C@@H](C)O1. The number of ether oxygens (including phenoxy) is 4. The molecule has 1 fully saturated rings. The van der Waals surface area contributed by atoms with Crippen LogP contribution in [-0.2, 0) is 28.5 Å². The highest BCUT2D eigenvalue weighted by molar-refractivity contribution is 5.83. The van der Waals surface area contributed by atoms with Crippen LogP contribution in [-0.4, -0.2) is 86.3 Å². The van der Waals surface area contributed by atoms with Crippen LogP contribution >= 0.6 is 0 Å². The number of carbonyl (C=O) groups excluding carboxylic acids is 2. The maximum absolute atomic E-state index is 13.3. The number of nitrogens with zero attached hydrogens (tertiary/aromatic N) is 1. The number of hydrogen-bond donors (Lipinski definition) is 1. The van der Waals surface area contributed by atoms with Gasteiger partial charge in [-0.05, 0) is 59.5 Å². The normalized spacial score (nSPS) is 25.8. The van der Waals surface area contributed by atoms with E-state index >= 15 is 0 Å². The number of aliphatic hydroxyl groups excluding tert-OH is 1. The van der Waals surface area contributed by atoms with Crippen LogP contribution in [0.4, 0.5) is 0 Å². The Morgan fingerprint density at radius 2 is 1.58 bits per heavy atom. The molecular weight excluding hydrogens is 486 g/mol. The van der Waals surface area contributed by atoms with E-state index in [9.17, 15) is 14.7 Å². The van der Waals surface area contributed by atoms with Gasteiger partial charge < -0.3 is 29.0 Å². The molecule has 1 N–H and O–H groups in total. The van der Waals surface area contributed by atoms with Crippen molar-refractivity contribution in [1.82, 2.24) is 4.90 Å². The van der Waals surface area contributed by atoms with Gasteiger partial charge >= 0.3 is 0 Å². The van der Waals surface area contributed by atoms with Gasteiger partial charge in [0.1, 0.15) is 11.6 Å². The summed E-state index contributed by atoms with van der Waals surface area (Å²) in [5, 5.41) is 10.8. The standard InChI is InChI=1S/C30H57NO7/c1-11-25(14-13-19(3)28(32)20(4)15-16-35-10)37-30(34)23(7)29(33)22(6)26(12-2)38-27-18-24(31(8)9)17-21(5)36-27/h19-27,30,34H,11-18H2,1-10H3/t19-,20-,21-,22-,23-,24+,25-,26+,27+,30?/m1/s1. The Bertz CT molecular complexity index is 688. The van der Waals surface area contributed by atoms with Crippen molar-refractivity contribution < 1.29 is 33.6 Å². The third kappa shape index (κ3) is 11.3. The molecule has 38 heavy (non-hydrogen) atoms. The molecule has 224 valence electrons. The maximum atomic E-state index is 13.3. The largest absolute Gasteiger partial charge is 0.385 e. The van der Waals surface area contributed by atoms with E-state index in [-0.39, 0.29) is 48.0 Å². The first-order valence-corrected chi connectivity index (χ1v) is 14.7. The molecule has 0 aromatic rings. The van der Waals surface area contributed by atoms with E-state index < -0.39 is 18.1 Å². The molecule has 1 aliphatic rings. The second-order valence-corrected chi connectivity index (χ2v) is 11.6. The average molecular weight is 544 g/mol. The van der Waals surface area contributed by atoms with E-state index in [0.717, 1.165) is 12.8 Å². The molecule has 1 unspecified atom stereocenters. The number of ketones is 2. The highest BCUT2D eigenvalue weighted by Crippen LogP contribution is 2.28. The first kappa shape index (κ1) is 35.1. The second-order valence-electron chi connectivity index (χ2n) is 11.6. The molecule has 0 amide bonds. The van der Waals surface area contributed by atoms with Gasteiger partial charge in [-0.15, -0.1) is 0 Å². The van der Waals surface area contributed by atoms with Crippen LogP contribution in [0, 0.1) is 23.7 Å². The zero-order valence-corrected chi connectivity index (χ0v) is 25.8. The number of Topliss-reactive ketones (excluding diaryl/α,β-unsaturated/α-hetero) is 2. The molecule has 10 atom stereocenters. The molecule has 1 heterocycles. The number of carbonyl (C=O) groups is 2. The van der Waals surface area contributed by atoms with Crippen LogP contribution in [0.15, 0.2) is 0 Å². The lowest BCUT2D eigenvalue weighted by Crippen LogP contribution is -2.45. The summed E-state index contributed by atoms with van der Waals surface area (Å²) in [6.45, 7) is 14.1. The van der Waals surface area contributed by atoms with Gasteiger partial charge in [0.2, 0.25) is 0 Å². The van der Waals surface area contributed by atoms with Crippen LogP contribution in [0.1, 0.15) is 93.4 Å². The van der Waals surface area contributed by atoms with E-state index in [1.165, 1.54) is 0 Å². The van der Waals surface area contributed by atoms with Crippen LogP contribution in [0.25, 0.3) is 0 Å². The van der Waals surface area contributed by atoms with Gasteiger partial charge in [0.15, 0.2) is 12.6 Å². The molecular formula is C30H57NO7.